The SMILES string of the molecule is Cn1c(CNCC2CCCC(O)C2)nc2ccccc21. The standard InChI is InChI=1S/C16H23N3O/c1-19-15-8-3-2-7-14(15)18-16(19)11-17-10-12-5-4-6-13(20)9-12/h2-3,7-8,12-13,17,20H,4-6,9-11H2,1H3. The van der Waals surface area contributed by atoms with Gasteiger partial charge in [-0.15, -0.1) is 0 Å². The molecule has 4 nitrogen and oxygen atoms in total. The van der Waals surface area contributed by atoms with E-state index in [0.717, 1.165) is 43.7 Å². The largest absolute Gasteiger partial charge is 0.393 e. The fraction of sp³-hybridized carbons (Fsp3) is 0.562. The van der Waals surface area contributed by atoms with E-state index >= 15 is 0 Å². The molecule has 2 N–H and O–H groups in total. The lowest BCUT2D eigenvalue weighted by Gasteiger charge is -2.25. The van der Waals surface area contributed by atoms with E-state index < -0.39 is 0 Å². The molecule has 3 rings (SSSR count). The quantitative estimate of drug-likeness (QED) is 0.898. The van der Waals surface area contributed by atoms with E-state index in [-0.39, 0.29) is 6.10 Å². The molecule has 2 aromatic rings. The zero-order valence-electron chi connectivity index (χ0n) is 12.0. The van der Waals surface area contributed by atoms with Gasteiger partial charge < -0.3 is 15.0 Å². The highest BCUT2D eigenvalue weighted by molar-refractivity contribution is 5.75. The average molecular weight is 273 g/mol. The van der Waals surface area contributed by atoms with Gasteiger partial charge in [0.05, 0.1) is 23.7 Å². The molecule has 4 heteroatoms. The molecule has 1 aliphatic rings. The number of para-hydroxylation sites is 2. The Kier molecular flexibility index (Phi) is 4.03. The van der Waals surface area contributed by atoms with Gasteiger partial charge in [-0.3, -0.25) is 0 Å². The minimum Gasteiger partial charge on any atom is -0.393 e. The number of hydrogen-bond donors (Lipinski definition) is 2. The molecule has 1 aromatic carbocycles. The van der Waals surface area contributed by atoms with E-state index in [1.807, 2.05) is 12.1 Å². The first kappa shape index (κ1) is 13.6. The van der Waals surface area contributed by atoms with Crippen molar-refractivity contribution >= 4 is 11.0 Å². The van der Waals surface area contributed by atoms with Crippen molar-refractivity contribution in [3.8, 4) is 0 Å². The summed E-state index contributed by atoms with van der Waals surface area (Å²) >= 11 is 0. The number of rotatable bonds is 4. The van der Waals surface area contributed by atoms with Crippen molar-refractivity contribution in [2.45, 2.75) is 38.3 Å². The van der Waals surface area contributed by atoms with E-state index in [4.69, 9.17) is 0 Å². The highest BCUT2D eigenvalue weighted by Gasteiger charge is 2.19. The number of fused-ring (bicyclic) bond motifs is 1. The smallest absolute Gasteiger partial charge is 0.123 e. The second-order valence-electron chi connectivity index (χ2n) is 5.89. The molecule has 1 aromatic heterocycles. The summed E-state index contributed by atoms with van der Waals surface area (Å²) in [5.41, 5.74) is 2.23. The number of aryl methyl sites for hydroxylation is 1. The normalized spacial score (nSPS) is 23.3. The Balaban J connectivity index is 1.58. The van der Waals surface area contributed by atoms with Crippen LogP contribution in [-0.4, -0.2) is 27.3 Å². The van der Waals surface area contributed by atoms with Crippen LogP contribution in [-0.2, 0) is 13.6 Å². The second-order valence-corrected chi connectivity index (χ2v) is 5.89. The average Bonchev–Trinajstić information content (AvgIpc) is 2.76. The number of aromatic nitrogens is 2. The van der Waals surface area contributed by atoms with Crippen LogP contribution < -0.4 is 5.32 Å². The van der Waals surface area contributed by atoms with Gasteiger partial charge in [-0.05, 0) is 43.9 Å². The molecule has 108 valence electrons. The van der Waals surface area contributed by atoms with Crippen molar-refractivity contribution in [1.29, 1.82) is 0 Å². The van der Waals surface area contributed by atoms with Gasteiger partial charge in [-0.25, -0.2) is 4.98 Å². The van der Waals surface area contributed by atoms with Crippen LogP contribution in [0.3, 0.4) is 0 Å². The first-order chi connectivity index (χ1) is 9.74. The second kappa shape index (κ2) is 5.94. The van der Waals surface area contributed by atoms with Gasteiger partial charge in [0.1, 0.15) is 5.82 Å². The summed E-state index contributed by atoms with van der Waals surface area (Å²) in [5.74, 6) is 1.68. The Morgan fingerprint density at radius 1 is 1.35 bits per heavy atom. The van der Waals surface area contributed by atoms with Crippen LogP contribution in [0.15, 0.2) is 24.3 Å². The fourth-order valence-corrected chi connectivity index (χ4v) is 3.19. The van der Waals surface area contributed by atoms with Gasteiger partial charge >= 0.3 is 0 Å². The van der Waals surface area contributed by atoms with E-state index in [9.17, 15) is 5.11 Å². The van der Waals surface area contributed by atoms with Crippen LogP contribution in [0.2, 0.25) is 0 Å². The molecule has 20 heavy (non-hydrogen) atoms. The molecule has 2 atom stereocenters. The Bertz CT molecular complexity index is 578. The van der Waals surface area contributed by atoms with E-state index in [1.54, 1.807) is 0 Å². The number of nitrogens with zero attached hydrogens (tertiary/aromatic N) is 2. The van der Waals surface area contributed by atoms with Crippen LogP contribution in [0.1, 0.15) is 31.5 Å². The Morgan fingerprint density at radius 3 is 3.00 bits per heavy atom. The maximum absolute atomic E-state index is 9.69. The number of benzene rings is 1. The Morgan fingerprint density at radius 2 is 2.20 bits per heavy atom. The lowest BCUT2D eigenvalue weighted by atomic mass is 9.87. The topological polar surface area (TPSA) is 50.1 Å². The summed E-state index contributed by atoms with van der Waals surface area (Å²) in [5, 5.41) is 13.2. The monoisotopic (exact) mass is 273 g/mol. The summed E-state index contributed by atoms with van der Waals surface area (Å²) < 4.78 is 2.15. The zero-order chi connectivity index (χ0) is 13.9. The molecule has 0 aliphatic heterocycles. The highest BCUT2D eigenvalue weighted by Crippen LogP contribution is 2.23. The minimum absolute atomic E-state index is 0.0914. The van der Waals surface area contributed by atoms with Crippen molar-refractivity contribution < 1.29 is 5.11 Å². The molecule has 1 aliphatic carbocycles. The molecule has 2 unspecified atom stereocenters. The molecule has 0 radical (unpaired) electrons. The van der Waals surface area contributed by atoms with Crippen LogP contribution in [0.5, 0.6) is 0 Å². The van der Waals surface area contributed by atoms with Crippen molar-refractivity contribution in [1.82, 2.24) is 14.9 Å². The first-order valence-electron chi connectivity index (χ1n) is 7.53. The molecule has 0 spiro atoms. The number of aliphatic hydroxyl groups is 1. The van der Waals surface area contributed by atoms with Crippen molar-refractivity contribution in [3.05, 3.63) is 30.1 Å². The van der Waals surface area contributed by atoms with Gasteiger partial charge in [-0.1, -0.05) is 18.6 Å². The maximum atomic E-state index is 9.69. The molecule has 0 bridgehead atoms. The van der Waals surface area contributed by atoms with Gasteiger partial charge in [0.15, 0.2) is 0 Å². The minimum atomic E-state index is -0.0914. The maximum Gasteiger partial charge on any atom is 0.123 e. The molecule has 0 amide bonds. The number of imidazole rings is 1. The van der Waals surface area contributed by atoms with Crippen molar-refractivity contribution in [3.63, 3.8) is 0 Å². The lowest BCUT2D eigenvalue weighted by molar-refractivity contribution is 0.100. The van der Waals surface area contributed by atoms with Gasteiger partial charge in [0.2, 0.25) is 0 Å². The number of hydrogen-bond acceptors (Lipinski definition) is 3. The first-order valence-corrected chi connectivity index (χ1v) is 7.53. The summed E-state index contributed by atoms with van der Waals surface area (Å²) in [4.78, 5) is 4.66. The highest BCUT2D eigenvalue weighted by atomic mass is 16.3. The number of nitrogens with one attached hydrogen (secondary N) is 1. The molecule has 1 fully saturated rings. The lowest BCUT2D eigenvalue weighted by Crippen LogP contribution is -2.29. The third-order valence-electron chi connectivity index (χ3n) is 4.35. The molecular weight excluding hydrogens is 250 g/mol. The molecule has 1 saturated carbocycles. The van der Waals surface area contributed by atoms with Crippen molar-refractivity contribution in [2.24, 2.45) is 13.0 Å². The predicted octanol–water partition coefficient (Wildman–Crippen LogP) is 2.21. The summed E-state index contributed by atoms with van der Waals surface area (Å²) in [6.07, 6.45) is 4.20. The van der Waals surface area contributed by atoms with E-state index in [1.165, 1.54) is 11.9 Å². The fourth-order valence-electron chi connectivity index (χ4n) is 3.19. The molecule has 1 heterocycles. The zero-order valence-corrected chi connectivity index (χ0v) is 12.0. The summed E-state index contributed by atoms with van der Waals surface area (Å²) in [7, 11) is 2.07. The van der Waals surface area contributed by atoms with Gasteiger partial charge in [0, 0.05) is 7.05 Å². The summed E-state index contributed by atoms with van der Waals surface area (Å²) in [6.45, 7) is 1.76. The predicted molar refractivity (Wildman–Crippen MR) is 80.4 cm³/mol. The van der Waals surface area contributed by atoms with Crippen LogP contribution in [0, 0.1) is 5.92 Å². The van der Waals surface area contributed by atoms with Gasteiger partial charge in [0.25, 0.3) is 0 Å². The van der Waals surface area contributed by atoms with E-state index in [0.29, 0.717) is 5.92 Å². The molecular formula is C16H23N3O. The summed E-state index contributed by atoms with van der Waals surface area (Å²) in [6, 6.07) is 8.22. The Hall–Kier alpha value is -1.39. The van der Waals surface area contributed by atoms with Crippen LogP contribution in [0.25, 0.3) is 11.0 Å². The van der Waals surface area contributed by atoms with Crippen LogP contribution in [0.4, 0.5) is 0 Å². The van der Waals surface area contributed by atoms with Crippen molar-refractivity contribution in [2.75, 3.05) is 6.54 Å². The Labute approximate surface area is 119 Å². The van der Waals surface area contributed by atoms with E-state index in [2.05, 4.69) is 34.0 Å². The van der Waals surface area contributed by atoms with Crippen LogP contribution >= 0.6 is 0 Å². The molecule has 0 saturated heterocycles. The number of aliphatic hydroxyl groups excluding tert-OH is 1. The van der Waals surface area contributed by atoms with Gasteiger partial charge in [-0.2, -0.15) is 0 Å². The third kappa shape index (κ3) is 2.86. The third-order valence-corrected chi connectivity index (χ3v) is 4.35.